The van der Waals surface area contributed by atoms with Gasteiger partial charge in [-0.1, -0.05) is 48.5 Å². The molecule has 0 spiro atoms. The highest BCUT2D eigenvalue weighted by Gasteiger charge is 2.17. The third kappa shape index (κ3) is 5.50. The van der Waals surface area contributed by atoms with E-state index in [4.69, 9.17) is 9.72 Å². The third-order valence-electron chi connectivity index (χ3n) is 9.28. The Morgan fingerprint density at radius 2 is 1.38 bits per heavy atom. The molecule has 0 fully saturated rings. The van der Waals surface area contributed by atoms with Gasteiger partial charge in [0.1, 0.15) is 5.75 Å². The van der Waals surface area contributed by atoms with Crippen molar-refractivity contribution >= 4 is 43.6 Å². The first kappa shape index (κ1) is 28.9. The van der Waals surface area contributed by atoms with E-state index in [0.717, 1.165) is 67.0 Å². The molecule has 0 N–H and O–H groups in total. The Hall–Kier alpha value is -5.49. The fraction of sp³-hybridized carbons (Fsp3) is 0.195. The quantitative estimate of drug-likeness (QED) is 0.136. The number of fused-ring (bicyclic) bond motifs is 6. The molecule has 0 saturated carbocycles. The van der Waals surface area contributed by atoms with Crippen molar-refractivity contribution in [2.75, 3.05) is 6.61 Å². The molecule has 5 heterocycles. The van der Waals surface area contributed by atoms with Gasteiger partial charge in [-0.15, -0.1) is 0 Å². The second-order valence-corrected chi connectivity index (χ2v) is 12.2. The molecule has 232 valence electrons. The van der Waals surface area contributed by atoms with Crippen LogP contribution in [0.25, 0.3) is 54.9 Å². The van der Waals surface area contributed by atoms with Crippen LogP contribution in [0.3, 0.4) is 0 Å². The van der Waals surface area contributed by atoms with Crippen LogP contribution in [-0.4, -0.2) is 30.7 Å². The van der Waals surface area contributed by atoms with Gasteiger partial charge in [0.15, 0.2) is 0 Å². The number of unbranched alkanes of at least 4 members (excludes halogenated alkanes) is 1. The summed E-state index contributed by atoms with van der Waals surface area (Å²) >= 11 is 0. The molecule has 0 amide bonds. The summed E-state index contributed by atoms with van der Waals surface area (Å²) < 4.78 is 11.3. The van der Waals surface area contributed by atoms with Crippen molar-refractivity contribution in [1.29, 1.82) is 0 Å². The molecule has 0 bridgehead atoms. The van der Waals surface area contributed by atoms with Crippen molar-refractivity contribution < 1.29 is 4.74 Å². The van der Waals surface area contributed by atoms with Gasteiger partial charge < -0.3 is 13.9 Å². The maximum Gasteiger partial charge on any atom is 0.121 e. The van der Waals surface area contributed by atoms with Crippen LogP contribution in [-0.2, 0) is 19.5 Å². The summed E-state index contributed by atoms with van der Waals surface area (Å²) in [6.45, 7) is 4.58. The summed E-state index contributed by atoms with van der Waals surface area (Å²) in [6, 6.07) is 34.3. The fourth-order valence-corrected chi connectivity index (χ4v) is 7.12. The molecule has 47 heavy (non-hydrogen) atoms. The van der Waals surface area contributed by atoms with Gasteiger partial charge in [0.2, 0.25) is 0 Å². The standard InChI is InChI=1S/C41H37N5O/c1-29-40-35(19-22-43-29)34-18-17-32(27-38(34)46(40)25-10-13-30-11-3-2-4-12-30)47-26-8-7-24-45-37-16-6-5-15-33(37)36-20-23-44-39(41(36)45)31-14-9-21-42-28-31/h2-6,9,11-12,14-23,27-28H,7-8,10,13,24-26H2,1H3. The number of aryl methyl sites for hydroxylation is 4. The van der Waals surface area contributed by atoms with Crippen LogP contribution in [0.5, 0.6) is 5.75 Å². The normalized spacial score (nSPS) is 11.7. The highest BCUT2D eigenvalue weighted by atomic mass is 16.5. The zero-order valence-electron chi connectivity index (χ0n) is 26.6. The number of para-hydroxylation sites is 1. The van der Waals surface area contributed by atoms with Crippen molar-refractivity contribution in [3.8, 4) is 17.0 Å². The van der Waals surface area contributed by atoms with Crippen molar-refractivity contribution in [2.24, 2.45) is 0 Å². The van der Waals surface area contributed by atoms with Gasteiger partial charge in [-0.25, -0.2) is 0 Å². The minimum atomic E-state index is 0.658. The molecule has 8 aromatic rings. The van der Waals surface area contributed by atoms with E-state index >= 15 is 0 Å². The van der Waals surface area contributed by atoms with Crippen LogP contribution in [0.1, 0.15) is 30.5 Å². The number of ether oxygens (including phenoxy) is 1. The Bertz CT molecular complexity index is 2320. The Labute approximate surface area is 274 Å². The summed E-state index contributed by atoms with van der Waals surface area (Å²) in [5, 5.41) is 4.99. The average Bonchev–Trinajstić information content (AvgIpc) is 3.62. The van der Waals surface area contributed by atoms with E-state index in [9.17, 15) is 0 Å². The van der Waals surface area contributed by atoms with Crippen molar-refractivity contribution in [3.63, 3.8) is 0 Å². The lowest BCUT2D eigenvalue weighted by Crippen LogP contribution is -2.04. The monoisotopic (exact) mass is 615 g/mol. The lowest BCUT2D eigenvalue weighted by Gasteiger charge is -2.12. The highest BCUT2D eigenvalue weighted by Crippen LogP contribution is 2.35. The molecular formula is C41H37N5O. The van der Waals surface area contributed by atoms with Gasteiger partial charge in [-0.2, -0.15) is 0 Å². The van der Waals surface area contributed by atoms with E-state index in [1.807, 2.05) is 24.7 Å². The SMILES string of the molecule is Cc1nccc2c3ccc(OCCCCn4c5ccccc5c5ccnc(-c6cccnc6)c54)cc3n(CCCc3ccccc3)c12. The van der Waals surface area contributed by atoms with Crippen molar-refractivity contribution in [2.45, 2.75) is 45.7 Å². The van der Waals surface area contributed by atoms with E-state index < -0.39 is 0 Å². The van der Waals surface area contributed by atoms with E-state index in [-0.39, 0.29) is 0 Å². The molecule has 5 aromatic heterocycles. The van der Waals surface area contributed by atoms with E-state index in [1.165, 1.54) is 43.7 Å². The molecule has 0 aliphatic rings. The second kappa shape index (κ2) is 12.7. The zero-order chi connectivity index (χ0) is 31.6. The summed E-state index contributed by atoms with van der Waals surface area (Å²) in [5.74, 6) is 0.912. The lowest BCUT2D eigenvalue weighted by atomic mass is 10.1. The lowest BCUT2D eigenvalue weighted by molar-refractivity contribution is 0.304. The molecule has 0 saturated heterocycles. The zero-order valence-corrected chi connectivity index (χ0v) is 26.6. The molecule has 6 nitrogen and oxygen atoms in total. The van der Waals surface area contributed by atoms with Gasteiger partial charge >= 0.3 is 0 Å². The van der Waals surface area contributed by atoms with Crippen LogP contribution in [0, 0.1) is 6.92 Å². The molecule has 8 rings (SSSR count). The van der Waals surface area contributed by atoms with Crippen molar-refractivity contribution in [3.05, 3.63) is 133 Å². The van der Waals surface area contributed by atoms with Gasteiger partial charge in [0, 0.05) is 76.6 Å². The first-order valence-electron chi connectivity index (χ1n) is 16.6. The number of hydrogen-bond donors (Lipinski definition) is 0. The Balaban J connectivity index is 1.01. The molecular weight excluding hydrogens is 578 g/mol. The average molecular weight is 616 g/mol. The van der Waals surface area contributed by atoms with Crippen LogP contribution < -0.4 is 4.74 Å². The minimum absolute atomic E-state index is 0.658. The van der Waals surface area contributed by atoms with E-state index in [1.54, 1.807) is 6.20 Å². The van der Waals surface area contributed by atoms with E-state index in [0.29, 0.717) is 6.61 Å². The molecule has 0 aliphatic heterocycles. The van der Waals surface area contributed by atoms with Gasteiger partial charge in [-0.3, -0.25) is 15.0 Å². The molecule has 0 atom stereocenters. The predicted molar refractivity (Wildman–Crippen MR) is 192 cm³/mol. The number of benzene rings is 3. The Morgan fingerprint density at radius 3 is 2.26 bits per heavy atom. The van der Waals surface area contributed by atoms with Crippen LogP contribution in [0.15, 0.2) is 122 Å². The maximum atomic E-state index is 6.40. The van der Waals surface area contributed by atoms with E-state index in [2.05, 4.69) is 117 Å². The van der Waals surface area contributed by atoms with Crippen molar-refractivity contribution in [1.82, 2.24) is 24.1 Å². The molecule has 6 heteroatoms. The molecule has 0 radical (unpaired) electrons. The highest BCUT2D eigenvalue weighted by molar-refractivity contribution is 6.12. The first-order valence-corrected chi connectivity index (χ1v) is 16.6. The van der Waals surface area contributed by atoms with Gasteiger partial charge in [0.25, 0.3) is 0 Å². The number of hydrogen-bond acceptors (Lipinski definition) is 4. The number of pyridine rings is 3. The molecule has 3 aromatic carbocycles. The molecule has 0 unspecified atom stereocenters. The second-order valence-electron chi connectivity index (χ2n) is 12.2. The summed E-state index contributed by atoms with van der Waals surface area (Å²) in [6.07, 6.45) is 11.6. The van der Waals surface area contributed by atoms with Crippen LogP contribution in [0.2, 0.25) is 0 Å². The fourth-order valence-electron chi connectivity index (χ4n) is 7.12. The number of nitrogens with zero attached hydrogens (tertiary/aromatic N) is 5. The minimum Gasteiger partial charge on any atom is -0.494 e. The van der Waals surface area contributed by atoms with Crippen LogP contribution in [0.4, 0.5) is 0 Å². The first-order chi connectivity index (χ1) is 23.3. The number of rotatable bonds is 11. The maximum absolute atomic E-state index is 6.40. The largest absolute Gasteiger partial charge is 0.494 e. The molecule has 0 aliphatic carbocycles. The summed E-state index contributed by atoms with van der Waals surface area (Å²) in [4.78, 5) is 13.8. The Morgan fingerprint density at radius 1 is 0.617 bits per heavy atom. The van der Waals surface area contributed by atoms with Gasteiger partial charge in [-0.05, 0) is 80.6 Å². The number of aromatic nitrogens is 5. The third-order valence-corrected chi connectivity index (χ3v) is 9.28. The topological polar surface area (TPSA) is 57.8 Å². The summed E-state index contributed by atoms with van der Waals surface area (Å²) in [5.41, 5.74) is 9.27. The van der Waals surface area contributed by atoms with Crippen LogP contribution >= 0.6 is 0 Å². The summed E-state index contributed by atoms with van der Waals surface area (Å²) in [7, 11) is 0. The Kier molecular flexibility index (Phi) is 7.83. The van der Waals surface area contributed by atoms with Gasteiger partial charge in [0.05, 0.1) is 34.5 Å². The smallest absolute Gasteiger partial charge is 0.121 e. The predicted octanol–water partition coefficient (Wildman–Crippen LogP) is 9.55.